The van der Waals surface area contributed by atoms with Gasteiger partial charge in [0, 0.05) is 0 Å². The first-order valence-electron chi connectivity index (χ1n) is 2.78. The Labute approximate surface area is 104 Å². The van der Waals surface area contributed by atoms with Gasteiger partial charge in [-0.05, 0) is 11.6 Å². The third-order valence-corrected chi connectivity index (χ3v) is 2.49. The van der Waals surface area contributed by atoms with E-state index in [2.05, 4.69) is 9.97 Å². The molecule has 0 radical (unpaired) electrons. The number of alkyl halides is 3. The largest absolute Gasteiger partial charge is 0.234 e. The predicted molar refractivity (Wildman–Crippen MR) is 56.3 cm³/mol. The molecule has 0 bridgehead atoms. The average molecular weight is 301 g/mol. The lowest BCUT2D eigenvalue weighted by atomic mass is 10.4. The van der Waals surface area contributed by atoms with Gasteiger partial charge in [-0.15, -0.1) is 0 Å². The van der Waals surface area contributed by atoms with Crippen LogP contribution in [0.1, 0.15) is 5.69 Å². The maximum absolute atomic E-state index is 5.68. The number of halogens is 6. The molecule has 0 aliphatic carbocycles. The Bertz CT molecular complexity index is 333. The van der Waals surface area contributed by atoms with Gasteiger partial charge in [-0.3, -0.25) is 0 Å². The summed E-state index contributed by atoms with van der Waals surface area (Å²) in [7, 11) is 0. The topological polar surface area (TPSA) is 25.8 Å². The minimum atomic E-state index is -1.77. The molecule has 0 amide bonds. The molecule has 0 fully saturated rings. The summed E-state index contributed by atoms with van der Waals surface area (Å²) in [6, 6.07) is 0. The summed E-state index contributed by atoms with van der Waals surface area (Å²) in [4.78, 5) is 7.21. The highest BCUT2D eigenvalue weighted by atomic mass is 35.6. The Morgan fingerprint density at radius 3 is 1.92 bits per heavy atom. The second kappa shape index (κ2) is 4.13. The van der Waals surface area contributed by atoms with Crippen LogP contribution in [0.15, 0.2) is 0 Å². The molecule has 1 aromatic heterocycles. The summed E-state index contributed by atoms with van der Waals surface area (Å²) >= 11 is 33.4. The van der Waals surface area contributed by atoms with E-state index in [0.29, 0.717) is 0 Å². The smallest absolute Gasteiger partial charge is 0.217 e. The Hall–Kier alpha value is 0.820. The fourth-order valence-corrected chi connectivity index (χ4v) is 1.75. The molecule has 72 valence electrons. The summed E-state index contributed by atoms with van der Waals surface area (Å²) in [6.07, 6.45) is 0. The molecule has 0 saturated heterocycles. The second-order valence-corrected chi connectivity index (χ2v) is 5.30. The van der Waals surface area contributed by atoms with Crippen LogP contribution >= 0.6 is 69.6 Å². The zero-order chi connectivity index (χ0) is 10.2. The van der Waals surface area contributed by atoms with Gasteiger partial charge in [0.05, 0.1) is 0 Å². The van der Waals surface area contributed by atoms with Crippen LogP contribution in [-0.4, -0.2) is 9.97 Å². The van der Waals surface area contributed by atoms with E-state index in [1.54, 1.807) is 0 Å². The fraction of sp³-hybridized carbons (Fsp3) is 0.200. The minimum absolute atomic E-state index is 0.0222. The molecule has 1 aromatic rings. The number of hydrogen-bond acceptors (Lipinski definition) is 2. The minimum Gasteiger partial charge on any atom is -0.217 e. The number of nitrogens with zero attached hydrogens (tertiary/aromatic N) is 2. The average Bonchev–Trinajstić information content (AvgIpc) is 1.94. The van der Waals surface area contributed by atoms with E-state index in [9.17, 15) is 0 Å². The number of rotatable bonds is 0. The van der Waals surface area contributed by atoms with Gasteiger partial charge in [0.1, 0.15) is 10.7 Å². The third-order valence-electron chi connectivity index (χ3n) is 1.05. The van der Waals surface area contributed by atoms with Crippen LogP contribution < -0.4 is 0 Å². The lowest BCUT2D eigenvalue weighted by Gasteiger charge is -2.12. The molecule has 0 saturated carbocycles. The molecule has 1 heterocycles. The Morgan fingerprint density at radius 2 is 1.46 bits per heavy atom. The molecule has 1 rings (SSSR count). The van der Waals surface area contributed by atoms with Crippen LogP contribution in [0.4, 0.5) is 0 Å². The maximum Gasteiger partial charge on any atom is 0.234 e. The van der Waals surface area contributed by atoms with Crippen molar-refractivity contribution < 1.29 is 0 Å². The molecular formula is C5Cl6N2. The first kappa shape index (κ1) is 11.9. The zero-order valence-electron chi connectivity index (χ0n) is 5.66. The van der Waals surface area contributed by atoms with Crippen LogP contribution in [0.5, 0.6) is 0 Å². The monoisotopic (exact) mass is 298 g/mol. The number of aromatic nitrogens is 2. The van der Waals surface area contributed by atoms with Gasteiger partial charge < -0.3 is 0 Å². The van der Waals surface area contributed by atoms with Crippen molar-refractivity contribution in [2.24, 2.45) is 0 Å². The third kappa shape index (κ3) is 2.88. The van der Waals surface area contributed by atoms with Gasteiger partial charge in [0.15, 0.2) is 5.15 Å². The highest BCUT2D eigenvalue weighted by molar-refractivity contribution is 6.67. The second-order valence-electron chi connectivity index (χ2n) is 1.94. The molecule has 0 aliphatic heterocycles. The fourth-order valence-electron chi connectivity index (χ4n) is 0.582. The van der Waals surface area contributed by atoms with Crippen molar-refractivity contribution in [3.8, 4) is 0 Å². The van der Waals surface area contributed by atoms with Gasteiger partial charge in [-0.25, -0.2) is 9.97 Å². The van der Waals surface area contributed by atoms with Crippen molar-refractivity contribution in [1.82, 2.24) is 9.97 Å². The summed E-state index contributed by atoms with van der Waals surface area (Å²) < 4.78 is -1.77. The summed E-state index contributed by atoms with van der Waals surface area (Å²) in [5.41, 5.74) is -0.0378. The molecule has 0 aliphatic rings. The van der Waals surface area contributed by atoms with Gasteiger partial charge in [-0.2, -0.15) is 0 Å². The molecule has 0 aromatic carbocycles. The van der Waals surface area contributed by atoms with Crippen molar-refractivity contribution in [2.75, 3.05) is 0 Å². The van der Waals surface area contributed by atoms with Gasteiger partial charge in [-0.1, -0.05) is 58.0 Å². The molecule has 0 unspecified atom stereocenters. The van der Waals surface area contributed by atoms with Crippen molar-refractivity contribution in [2.45, 2.75) is 3.79 Å². The van der Waals surface area contributed by atoms with Gasteiger partial charge in [0.2, 0.25) is 9.08 Å². The summed E-state index contributed by atoms with van der Waals surface area (Å²) in [6.45, 7) is 0. The van der Waals surface area contributed by atoms with Gasteiger partial charge >= 0.3 is 0 Å². The van der Waals surface area contributed by atoms with E-state index in [-0.39, 0.29) is 21.2 Å². The Kier molecular flexibility index (Phi) is 3.78. The van der Waals surface area contributed by atoms with E-state index in [1.165, 1.54) is 0 Å². The Balaban J connectivity index is 3.37. The first-order valence-corrected chi connectivity index (χ1v) is 5.05. The van der Waals surface area contributed by atoms with E-state index in [1.807, 2.05) is 0 Å². The zero-order valence-corrected chi connectivity index (χ0v) is 10.2. The van der Waals surface area contributed by atoms with Crippen molar-refractivity contribution in [3.05, 3.63) is 21.2 Å². The van der Waals surface area contributed by atoms with Gasteiger partial charge in [0.25, 0.3) is 0 Å². The van der Waals surface area contributed by atoms with Crippen LogP contribution in [0.2, 0.25) is 15.5 Å². The van der Waals surface area contributed by atoms with E-state index in [4.69, 9.17) is 69.6 Å². The number of hydrogen-bond donors (Lipinski definition) is 0. The summed E-state index contributed by atoms with van der Waals surface area (Å²) in [5.74, 6) is 0. The molecule has 0 spiro atoms. The Morgan fingerprint density at radius 1 is 0.923 bits per heavy atom. The quantitative estimate of drug-likeness (QED) is 0.406. The van der Waals surface area contributed by atoms with Crippen LogP contribution in [-0.2, 0) is 3.79 Å². The van der Waals surface area contributed by atoms with E-state index >= 15 is 0 Å². The van der Waals surface area contributed by atoms with Crippen LogP contribution in [0.3, 0.4) is 0 Å². The molecule has 13 heavy (non-hydrogen) atoms. The highest BCUT2D eigenvalue weighted by Crippen LogP contribution is 2.42. The van der Waals surface area contributed by atoms with Crippen LogP contribution in [0, 0.1) is 0 Å². The van der Waals surface area contributed by atoms with Crippen molar-refractivity contribution >= 4 is 69.6 Å². The highest BCUT2D eigenvalue weighted by Gasteiger charge is 2.30. The molecule has 8 heteroatoms. The molecule has 2 nitrogen and oxygen atoms in total. The van der Waals surface area contributed by atoms with Crippen molar-refractivity contribution in [1.29, 1.82) is 0 Å². The molecule has 0 N–H and O–H groups in total. The first-order chi connectivity index (χ1) is 5.82. The summed E-state index contributed by atoms with van der Waals surface area (Å²) in [5, 5.41) is -0.204. The maximum atomic E-state index is 5.68. The SMILES string of the molecule is Clc1nc(Cl)c(Cl)c(C(Cl)(Cl)Cl)n1. The van der Waals surface area contributed by atoms with Crippen LogP contribution in [0.25, 0.3) is 0 Å². The van der Waals surface area contributed by atoms with E-state index in [0.717, 1.165) is 0 Å². The molecular weight excluding hydrogens is 301 g/mol. The lowest BCUT2D eigenvalue weighted by Crippen LogP contribution is -2.06. The normalized spacial score (nSPS) is 11.8. The predicted octanol–water partition coefficient (Wildman–Crippen LogP) is 4.26. The van der Waals surface area contributed by atoms with Crippen molar-refractivity contribution in [3.63, 3.8) is 0 Å². The standard InChI is InChI=1S/C5Cl6N2/c6-1-2(5(9,10)11)12-4(8)13-3(1)7. The molecule has 0 atom stereocenters. The lowest BCUT2D eigenvalue weighted by molar-refractivity contribution is 1.03. The van der Waals surface area contributed by atoms with E-state index < -0.39 is 3.79 Å².